The van der Waals surface area contributed by atoms with Gasteiger partial charge in [-0.15, -0.1) is 0 Å². The highest BCUT2D eigenvalue weighted by molar-refractivity contribution is 9.10. The monoisotopic (exact) mass is 294 g/mol. The number of hydrogen-bond acceptors (Lipinski definition) is 2. The first-order valence-electron chi connectivity index (χ1n) is 5.20. The normalized spacial score (nSPS) is 17.4. The van der Waals surface area contributed by atoms with Crippen LogP contribution in [0.5, 0.6) is 0 Å². The topological polar surface area (TPSA) is 20.2 Å². The van der Waals surface area contributed by atoms with Gasteiger partial charge in [0.1, 0.15) is 0 Å². The van der Waals surface area contributed by atoms with E-state index in [4.69, 9.17) is 0 Å². The fourth-order valence-electron chi connectivity index (χ4n) is 2.40. The van der Waals surface area contributed by atoms with Gasteiger partial charge in [-0.1, -0.05) is 24.3 Å². The molecule has 1 nitrogen and oxygen atoms in total. The van der Waals surface area contributed by atoms with Crippen LogP contribution >= 0.6 is 27.3 Å². The van der Waals surface area contributed by atoms with Gasteiger partial charge in [-0.3, -0.25) is 0 Å². The molecule has 3 heteroatoms. The fraction of sp³-hybridized carbons (Fsp3) is 0.231. The quantitative estimate of drug-likeness (QED) is 0.853. The highest BCUT2D eigenvalue weighted by Crippen LogP contribution is 2.41. The van der Waals surface area contributed by atoms with Crippen LogP contribution in [0.15, 0.2) is 39.5 Å². The van der Waals surface area contributed by atoms with Crippen LogP contribution in [0.1, 0.15) is 16.7 Å². The molecule has 1 aliphatic rings. The highest BCUT2D eigenvalue weighted by atomic mass is 79.9. The van der Waals surface area contributed by atoms with Crippen LogP contribution in [-0.4, -0.2) is 5.11 Å². The molecule has 0 spiro atoms. The summed E-state index contributed by atoms with van der Waals surface area (Å²) < 4.78 is 1.02. The summed E-state index contributed by atoms with van der Waals surface area (Å²) in [6, 6.07) is 8.28. The SMILES string of the molecule is OC1(c2cscc2Br)Cc2ccccc2C1. The van der Waals surface area contributed by atoms with Crippen LogP contribution in [0.25, 0.3) is 0 Å². The molecule has 0 unspecified atom stereocenters. The third kappa shape index (κ3) is 1.54. The van der Waals surface area contributed by atoms with Crippen molar-refractivity contribution in [2.45, 2.75) is 18.4 Å². The first-order valence-corrected chi connectivity index (χ1v) is 6.94. The molecule has 0 saturated heterocycles. The maximum atomic E-state index is 10.7. The van der Waals surface area contributed by atoms with E-state index in [1.807, 2.05) is 22.9 Å². The summed E-state index contributed by atoms with van der Waals surface area (Å²) in [6.45, 7) is 0. The van der Waals surface area contributed by atoms with Crippen molar-refractivity contribution in [1.29, 1.82) is 0 Å². The molecular weight excluding hydrogens is 284 g/mol. The first kappa shape index (κ1) is 10.5. The van der Waals surface area contributed by atoms with Gasteiger partial charge in [-0.05, 0) is 32.4 Å². The Balaban J connectivity index is 2.04. The van der Waals surface area contributed by atoms with Gasteiger partial charge in [0.2, 0.25) is 0 Å². The Morgan fingerprint density at radius 1 is 1.12 bits per heavy atom. The summed E-state index contributed by atoms with van der Waals surface area (Å²) in [7, 11) is 0. The van der Waals surface area contributed by atoms with Crippen LogP contribution in [0.2, 0.25) is 0 Å². The van der Waals surface area contributed by atoms with Crippen molar-refractivity contribution in [2.75, 3.05) is 0 Å². The zero-order valence-corrected chi connectivity index (χ0v) is 11.0. The van der Waals surface area contributed by atoms with E-state index in [-0.39, 0.29) is 0 Å². The molecule has 1 heterocycles. The van der Waals surface area contributed by atoms with Crippen LogP contribution in [0.4, 0.5) is 0 Å². The number of aliphatic hydroxyl groups is 1. The molecule has 0 bridgehead atoms. The molecule has 0 saturated carbocycles. The van der Waals surface area contributed by atoms with E-state index in [1.165, 1.54) is 11.1 Å². The maximum Gasteiger partial charge on any atom is 0.0995 e. The maximum absolute atomic E-state index is 10.7. The Kier molecular flexibility index (Phi) is 2.42. The number of fused-ring (bicyclic) bond motifs is 1. The van der Waals surface area contributed by atoms with Gasteiger partial charge in [-0.25, -0.2) is 0 Å². The van der Waals surface area contributed by atoms with E-state index < -0.39 is 5.60 Å². The van der Waals surface area contributed by atoms with E-state index in [2.05, 4.69) is 28.1 Å². The molecule has 0 atom stereocenters. The molecule has 2 aromatic rings. The third-order valence-electron chi connectivity index (χ3n) is 3.20. The second-order valence-electron chi connectivity index (χ2n) is 4.29. The largest absolute Gasteiger partial charge is 0.384 e. The molecule has 1 aromatic carbocycles. The van der Waals surface area contributed by atoms with Crippen molar-refractivity contribution in [3.05, 3.63) is 56.2 Å². The van der Waals surface area contributed by atoms with Crippen molar-refractivity contribution in [3.8, 4) is 0 Å². The molecule has 1 aliphatic carbocycles. The number of benzene rings is 1. The predicted octanol–water partition coefficient (Wildman–Crippen LogP) is 3.50. The minimum absolute atomic E-state index is 0.720. The van der Waals surface area contributed by atoms with Gasteiger partial charge in [0.15, 0.2) is 0 Å². The van der Waals surface area contributed by atoms with Gasteiger partial charge in [-0.2, -0.15) is 11.3 Å². The van der Waals surface area contributed by atoms with Gasteiger partial charge in [0.25, 0.3) is 0 Å². The molecule has 0 fully saturated rings. The average molecular weight is 295 g/mol. The van der Waals surface area contributed by atoms with Crippen molar-refractivity contribution in [1.82, 2.24) is 0 Å². The number of hydrogen-bond donors (Lipinski definition) is 1. The summed E-state index contributed by atoms with van der Waals surface area (Å²) in [5.74, 6) is 0. The van der Waals surface area contributed by atoms with Crippen molar-refractivity contribution in [2.24, 2.45) is 0 Å². The van der Waals surface area contributed by atoms with E-state index in [1.54, 1.807) is 11.3 Å². The van der Waals surface area contributed by atoms with Gasteiger partial charge in [0, 0.05) is 28.3 Å². The minimum Gasteiger partial charge on any atom is -0.384 e. The van der Waals surface area contributed by atoms with E-state index in [0.717, 1.165) is 22.9 Å². The third-order valence-corrected chi connectivity index (χ3v) is 4.90. The second-order valence-corrected chi connectivity index (χ2v) is 5.89. The number of halogens is 1. The molecular formula is C13H11BrOS. The second kappa shape index (κ2) is 3.69. The van der Waals surface area contributed by atoms with E-state index in [9.17, 15) is 5.11 Å². The molecule has 82 valence electrons. The first-order chi connectivity index (χ1) is 7.69. The molecule has 0 aliphatic heterocycles. The Hall–Kier alpha value is -0.640. The Labute approximate surface area is 107 Å². The Bertz CT molecular complexity index is 507. The van der Waals surface area contributed by atoms with Crippen molar-refractivity contribution < 1.29 is 5.11 Å². The molecule has 0 amide bonds. The van der Waals surface area contributed by atoms with Gasteiger partial charge in [0.05, 0.1) is 5.60 Å². The predicted molar refractivity (Wildman–Crippen MR) is 69.8 cm³/mol. The summed E-state index contributed by atoms with van der Waals surface area (Å²) in [4.78, 5) is 0. The summed E-state index contributed by atoms with van der Waals surface area (Å²) in [6.07, 6.45) is 1.44. The van der Waals surface area contributed by atoms with Crippen LogP contribution in [0, 0.1) is 0 Å². The summed E-state index contributed by atoms with van der Waals surface area (Å²) in [5.41, 5.74) is 2.84. The van der Waals surface area contributed by atoms with Gasteiger partial charge < -0.3 is 5.11 Å². The van der Waals surface area contributed by atoms with Gasteiger partial charge >= 0.3 is 0 Å². The van der Waals surface area contributed by atoms with Crippen LogP contribution < -0.4 is 0 Å². The number of thiophene rings is 1. The summed E-state index contributed by atoms with van der Waals surface area (Å²) in [5, 5.41) is 14.8. The van der Waals surface area contributed by atoms with Crippen LogP contribution in [-0.2, 0) is 18.4 Å². The van der Waals surface area contributed by atoms with E-state index in [0.29, 0.717) is 0 Å². The summed E-state index contributed by atoms with van der Waals surface area (Å²) >= 11 is 5.13. The lowest BCUT2D eigenvalue weighted by Gasteiger charge is -2.21. The van der Waals surface area contributed by atoms with Crippen molar-refractivity contribution >= 4 is 27.3 Å². The number of rotatable bonds is 1. The lowest BCUT2D eigenvalue weighted by Crippen LogP contribution is -2.25. The Morgan fingerprint density at radius 3 is 2.25 bits per heavy atom. The van der Waals surface area contributed by atoms with E-state index >= 15 is 0 Å². The zero-order chi connectivity index (χ0) is 11.2. The minimum atomic E-state index is -0.720. The standard InChI is InChI=1S/C13H11BrOS/c14-12-8-16-7-11(12)13(15)5-9-3-1-2-4-10(9)6-13/h1-4,7-8,15H,5-6H2. The Morgan fingerprint density at radius 2 is 1.75 bits per heavy atom. The lowest BCUT2D eigenvalue weighted by molar-refractivity contribution is 0.0480. The zero-order valence-electron chi connectivity index (χ0n) is 8.61. The average Bonchev–Trinajstić information content (AvgIpc) is 2.81. The lowest BCUT2D eigenvalue weighted by atomic mass is 9.93. The van der Waals surface area contributed by atoms with Crippen molar-refractivity contribution in [3.63, 3.8) is 0 Å². The molecule has 0 radical (unpaired) electrons. The highest BCUT2D eigenvalue weighted by Gasteiger charge is 2.38. The molecule has 16 heavy (non-hydrogen) atoms. The smallest absolute Gasteiger partial charge is 0.0995 e. The molecule has 3 rings (SSSR count). The molecule has 1 aromatic heterocycles. The van der Waals surface area contributed by atoms with Crippen LogP contribution in [0.3, 0.4) is 0 Å². The fourth-order valence-corrected chi connectivity index (χ4v) is 4.15. The molecule has 1 N–H and O–H groups in total.